The van der Waals surface area contributed by atoms with Crippen LogP contribution in [0, 0.1) is 0 Å². The minimum atomic E-state index is -0.346. The van der Waals surface area contributed by atoms with Crippen LogP contribution in [0.3, 0.4) is 0 Å². The fraction of sp³-hybridized carbons (Fsp3) is 0.0667. The van der Waals surface area contributed by atoms with Crippen LogP contribution in [0.2, 0.25) is 5.02 Å². The lowest BCUT2D eigenvalue weighted by Gasteiger charge is -2.06. The highest BCUT2D eigenvalue weighted by Crippen LogP contribution is 2.19. The monoisotopic (exact) mass is 328 g/mol. The van der Waals surface area contributed by atoms with Gasteiger partial charge in [0, 0.05) is 16.9 Å². The van der Waals surface area contributed by atoms with Gasteiger partial charge in [-0.1, -0.05) is 17.7 Å². The molecule has 0 fully saturated rings. The average molecular weight is 329 g/mol. The number of amides is 1. The van der Waals surface area contributed by atoms with Gasteiger partial charge < -0.3 is 10.6 Å². The summed E-state index contributed by atoms with van der Waals surface area (Å²) < 4.78 is 0. The van der Waals surface area contributed by atoms with E-state index in [1.807, 2.05) is 18.2 Å². The number of hydrogen-bond donors (Lipinski definition) is 3. The van der Waals surface area contributed by atoms with Crippen molar-refractivity contribution in [2.75, 3.05) is 5.32 Å². The summed E-state index contributed by atoms with van der Waals surface area (Å²) in [6, 6.07) is 12.6. The highest BCUT2D eigenvalue weighted by molar-refractivity contribution is 6.30. The van der Waals surface area contributed by atoms with Crippen molar-refractivity contribution in [2.45, 2.75) is 6.54 Å². The Bertz CT molecular complexity index is 787. The zero-order chi connectivity index (χ0) is 16.1. The number of aromatic amines is 1. The van der Waals surface area contributed by atoms with Crippen LogP contribution < -0.4 is 10.6 Å². The van der Waals surface area contributed by atoms with Crippen molar-refractivity contribution in [3.63, 3.8) is 0 Å². The van der Waals surface area contributed by atoms with Gasteiger partial charge in [-0.15, -0.1) is 10.2 Å². The van der Waals surface area contributed by atoms with E-state index in [1.54, 1.807) is 30.5 Å². The van der Waals surface area contributed by atoms with Crippen molar-refractivity contribution >= 4 is 29.0 Å². The van der Waals surface area contributed by atoms with Crippen LogP contribution in [-0.4, -0.2) is 26.3 Å². The summed E-state index contributed by atoms with van der Waals surface area (Å²) in [5.74, 6) is -0.00768. The normalized spacial score (nSPS) is 10.3. The molecule has 23 heavy (non-hydrogen) atoms. The van der Waals surface area contributed by atoms with Crippen molar-refractivity contribution in [1.29, 1.82) is 0 Å². The van der Waals surface area contributed by atoms with Gasteiger partial charge in [-0.3, -0.25) is 9.78 Å². The Hall–Kier alpha value is -2.93. The van der Waals surface area contributed by atoms with Gasteiger partial charge in [0.25, 0.3) is 5.91 Å². The number of anilines is 2. The summed E-state index contributed by atoms with van der Waals surface area (Å²) in [6.07, 6.45) is 1.67. The van der Waals surface area contributed by atoms with Gasteiger partial charge in [0.2, 0.25) is 0 Å². The molecule has 0 bridgehead atoms. The second-order valence-electron chi connectivity index (χ2n) is 4.66. The van der Waals surface area contributed by atoms with Crippen LogP contribution in [0.15, 0.2) is 48.7 Å². The van der Waals surface area contributed by atoms with Crippen LogP contribution in [0.25, 0.3) is 0 Å². The molecule has 0 aliphatic heterocycles. The molecule has 0 aliphatic rings. The second kappa shape index (κ2) is 6.89. The molecule has 0 atom stereocenters. The Morgan fingerprint density at radius 1 is 1.13 bits per heavy atom. The molecule has 8 heteroatoms. The number of nitrogens with one attached hydrogen (secondary N) is 3. The van der Waals surface area contributed by atoms with Gasteiger partial charge in [-0.05, 0) is 36.4 Å². The first-order valence-corrected chi connectivity index (χ1v) is 7.21. The minimum Gasteiger partial charge on any atom is -0.345 e. The van der Waals surface area contributed by atoms with E-state index in [9.17, 15) is 4.79 Å². The molecule has 2 heterocycles. The maximum Gasteiger partial charge on any atom is 0.276 e. The minimum absolute atomic E-state index is 0.177. The number of carbonyl (C=O) groups excluding carboxylic acids is 1. The van der Waals surface area contributed by atoms with Crippen molar-refractivity contribution in [3.05, 3.63) is 65.1 Å². The molecule has 3 N–H and O–H groups in total. The van der Waals surface area contributed by atoms with Crippen molar-refractivity contribution in [1.82, 2.24) is 25.7 Å². The molecule has 1 amide bonds. The van der Waals surface area contributed by atoms with Crippen LogP contribution in [0.1, 0.15) is 16.2 Å². The van der Waals surface area contributed by atoms with Crippen LogP contribution >= 0.6 is 11.6 Å². The van der Waals surface area contributed by atoms with Crippen LogP contribution in [0.5, 0.6) is 0 Å². The average Bonchev–Trinajstić information content (AvgIpc) is 3.04. The van der Waals surface area contributed by atoms with Crippen LogP contribution in [0.4, 0.5) is 11.5 Å². The fourth-order valence-electron chi connectivity index (χ4n) is 1.90. The first kappa shape index (κ1) is 15.0. The quantitative estimate of drug-likeness (QED) is 0.669. The molecular formula is C15H13ClN6O. The largest absolute Gasteiger partial charge is 0.345 e. The maximum atomic E-state index is 12.2. The molecule has 0 spiro atoms. The van der Waals surface area contributed by atoms with E-state index in [4.69, 9.17) is 11.6 Å². The number of carbonyl (C=O) groups is 1. The molecule has 3 aromatic rings. The lowest BCUT2D eigenvalue weighted by atomic mass is 10.3. The lowest BCUT2D eigenvalue weighted by molar-refractivity contribution is 0.0946. The predicted molar refractivity (Wildman–Crippen MR) is 86.5 cm³/mol. The Kier molecular flexibility index (Phi) is 4.49. The number of benzene rings is 1. The van der Waals surface area contributed by atoms with Gasteiger partial charge in [0.1, 0.15) is 0 Å². The van der Waals surface area contributed by atoms with E-state index < -0.39 is 0 Å². The summed E-state index contributed by atoms with van der Waals surface area (Å²) in [6.45, 7) is 0.312. The van der Waals surface area contributed by atoms with Crippen molar-refractivity contribution in [3.8, 4) is 0 Å². The third-order valence-electron chi connectivity index (χ3n) is 3.03. The number of rotatable bonds is 5. The number of halogens is 1. The summed E-state index contributed by atoms with van der Waals surface area (Å²) in [5.41, 5.74) is 1.69. The summed E-state index contributed by atoms with van der Waals surface area (Å²) in [7, 11) is 0. The molecule has 0 aliphatic carbocycles. The Morgan fingerprint density at radius 2 is 1.96 bits per heavy atom. The smallest absolute Gasteiger partial charge is 0.276 e. The number of aromatic nitrogens is 4. The highest BCUT2D eigenvalue weighted by atomic mass is 35.5. The molecule has 0 saturated heterocycles. The topological polar surface area (TPSA) is 95.6 Å². The molecule has 7 nitrogen and oxygen atoms in total. The predicted octanol–water partition coefficient (Wildman–Crippen LogP) is 2.53. The molecule has 2 aromatic heterocycles. The third-order valence-corrected chi connectivity index (χ3v) is 3.28. The molecule has 0 radical (unpaired) electrons. The summed E-state index contributed by atoms with van der Waals surface area (Å²) in [5, 5.41) is 16.7. The van der Waals surface area contributed by atoms with E-state index in [-0.39, 0.29) is 11.6 Å². The van der Waals surface area contributed by atoms with E-state index in [0.29, 0.717) is 17.4 Å². The second-order valence-corrected chi connectivity index (χ2v) is 5.09. The highest BCUT2D eigenvalue weighted by Gasteiger charge is 2.16. The van der Waals surface area contributed by atoms with Crippen molar-refractivity contribution in [2.24, 2.45) is 0 Å². The number of nitrogens with zero attached hydrogens (tertiary/aromatic N) is 3. The van der Waals surface area contributed by atoms with Gasteiger partial charge in [0.15, 0.2) is 11.5 Å². The van der Waals surface area contributed by atoms with E-state index in [1.165, 1.54) is 0 Å². The van der Waals surface area contributed by atoms with E-state index in [2.05, 4.69) is 31.0 Å². The van der Waals surface area contributed by atoms with Gasteiger partial charge in [-0.25, -0.2) is 0 Å². The number of hydrogen-bond acceptors (Lipinski definition) is 5. The first-order valence-electron chi connectivity index (χ1n) is 6.84. The molecule has 0 unspecified atom stereocenters. The zero-order valence-corrected chi connectivity index (χ0v) is 12.7. The maximum absolute atomic E-state index is 12.2. The van der Waals surface area contributed by atoms with Crippen molar-refractivity contribution < 1.29 is 4.79 Å². The first-order chi connectivity index (χ1) is 11.2. The Balaban J connectivity index is 1.67. The van der Waals surface area contributed by atoms with Gasteiger partial charge in [0.05, 0.1) is 12.2 Å². The number of H-pyrrole nitrogens is 1. The molecule has 0 saturated carbocycles. The molecule has 3 rings (SSSR count). The summed E-state index contributed by atoms with van der Waals surface area (Å²) in [4.78, 5) is 16.4. The third kappa shape index (κ3) is 3.83. The molecular weight excluding hydrogens is 316 g/mol. The van der Waals surface area contributed by atoms with Gasteiger partial charge in [-0.2, -0.15) is 5.21 Å². The molecule has 1 aromatic carbocycles. The lowest BCUT2D eigenvalue weighted by Crippen LogP contribution is -2.24. The van der Waals surface area contributed by atoms with Crippen LogP contribution in [-0.2, 0) is 6.54 Å². The SMILES string of the molecule is O=C(NCc1ccccn1)c1n[nH]nc1Nc1ccc(Cl)cc1. The number of pyridine rings is 1. The van der Waals surface area contributed by atoms with E-state index in [0.717, 1.165) is 11.4 Å². The Morgan fingerprint density at radius 3 is 2.70 bits per heavy atom. The standard InChI is InChI=1S/C15H13ClN6O/c16-10-4-6-11(7-5-10)19-14-13(20-22-21-14)15(23)18-9-12-3-1-2-8-17-12/h1-8H,9H2,(H,18,23)(H2,19,20,21,22). The Labute approximate surface area is 137 Å². The van der Waals surface area contributed by atoms with Gasteiger partial charge >= 0.3 is 0 Å². The summed E-state index contributed by atoms with van der Waals surface area (Å²) >= 11 is 5.84. The zero-order valence-electron chi connectivity index (χ0n) is 12.0. The molecule has 116 valence electrons. The fourth-order valence-corrected chi connectivity index (χ4v) is 2.03. The van der Waals surface area contributed by atoms with E-state index >= 15 is 0 Å².